The molecule has 0 aromatic heterocycles. The number of imide groups is 1. The molecule has 3 rings (SSSR count). The van der Waals surface area contributed by atoms with Crippen molar-refractivity contribution in [3.05, 3.63) is 30.3 Å². The lowest BCUT2D eigenvalue weighted by molar-refractivity contribution is -0.124. The second-order valence-corrected chi connectivity index (χ2v) is 4.96. The highest BCUT2D eigenvalue weighted by Gasteiger charge is 2.42. The number of para-hydroxylation sites is 1. The minimum atomic E-state index is -0.283. The number of nitrogens with one attached hydrogen (secondary N) is 1. The predicted molar refractivity (Wildman–Crippen MR) is 68.2 cm³/mol. The maximum absolute atomic E-state index is 12.4. The zero-order valence-electron chi connectivity index (χ0n) is 10.1. The van der Waals surface area contributed by atoms with Crippen LogP contribution >= 0.6 is 0 Å². The van der Waals surface area contributed by atoms with E-state index in [-0.39, 0.29) is 23.9 Å². The van der Waals surface area contributed by atoms with Crippen LogP contribution in [0.5, 0.6) is 0 Å². The minimum Gasteiger partial charge on any atom is -0.334 e. The fourth-order valence-electron chi connectivity index (χ4n) is 2.91. The summed E-state index contributed by atoms with van der Waals surface area (Å²) in [7, 11) is 0. The molecule has 0 spiro atoms. The average Bonchev–Trinajstić information content (AvgIpc) is 2.40. The van der Waals surface area contributed by atoms with Crippen LogP contribution in [-0.4, -0.2) is 18.0 Å². The Balaban J connectivity index is 1.91. The Hall–Kier alpha value is -1.84. The number of anilines is 1. The lowest BCUT2D eigenvalue weighted by Crippen LogP contribution is -2.61. The zero-order valence-corrected chi connectivity index (χ0v) is 10.1. The summed E-state index contributed by atoms with van der Waals surface area (Å²) < 4.78 is 0. The Bertz CT molecular complexity index is 472. The van der Waals surface area contributed by atoms with Gasteiger partial charge in [0.1, 0.15) is 0 Å². The Kier molecular flexibility index (Phi) is 2.78. The molecule has 0 bridgehead atoms. The molecule has 1 aliphatic carbocycles. The van der Waals surface area contributed by atoms with Gasteiger partial charge in [0, 0.05) is 6.04 Å². The Labute approximate surface area is 106 Å². The number of hydrogen-bond donors (Lipinski definition) is 1. The van der Waals surface area contributed by atoms with E-state index in [0.717, 1.165) is 25.7 Å². The van der Waals surface area contributed by atoms with Crippen molar-refractivity contribution >= 4 is 17.6 Å². The largest absolute Gasteiger partial charge is 0.334 e. The quantitative estimate of drug-likeness (QED) is 0.824. The third-order valence-electron chi connectivity index (χ3n) is 3.83. The van der Waals surface area contributed by atoms with E-state index >= 15 is 0 Å². The van der Waals surface area contributed by atoms with Gasteiger partial charge in [-0.15, -0.1) is 0 Å². The van der Waals surface area contributed by atoms with E-state index in [2.05, 4.69) is 5.32 Å². The Morgan fingerprint density at radius 3 is 2.56 bits per heavy atom. The van der Waals surface area contributed by atoms with Gasteiger partial charge in [0.05, 0.1) is 11.6 Å². The maximum atomic E-state index is 12.4. The first-order chi connectivity index (χ1) is 8.77. The standard InChI is InChI=1S/C14H16N2O2/c17-13-11-8-4-5-9-12(11)15-14(18)16(13)10-6-2-1-3-7-10/h1-3,6-7,11-12H,4-5,8-9H2,(H,15,18)/t11-,12-/m0/s1. The summed E-state index contributed by atoms with van der Waals surface area (Å²) in [5, 5.41) is 2.96. The van der Waals surface area contributed by atoms with Crippen molar-refractivity contribution in [2.75, 3.05) is 4.90 Å². The first kappa shape index (κ1) is 11.3. The molecule has 1 aliphatic heterocycles. The van der Waals surface area contributed by atoms with Gasteiger partial charge in [-0.2, -0.15) is 0 Å². The van der Waals surface area contributed by atoms with Gasteiger partial charge in [-0.25, -0.2) is 9.69 Å². The van der Waals surface area contributed by atoms with Crippen molar-refractivity contribution in [3.63, 3.8) is 0 Å². The van der Waals surface area contributed by atoms with E-state index < -0.39 is 0 Å². The van der Waals surface area contributed by atoms with Crippen molar-refractivity contribution in [2.24, 2.45) is 5.92 Å². The number of fused-ring (bicyclic) bond motifs is 1. The summed E-state index contributed by atoms with van der Waals surface area (Å²) in [5.41, 5.74) is 0.657. The van der Waals surface area contributed by atoms with E-state index in [0.29, 0.717) is 5.69 Å². The van der Waals surface area contributed by atoms with E-state index in [1.54, 1.807) is 12.1 Å². The maximum Gasteiger partial charge on any atom is 0.328 e. The first-order valence-corrected chi connectivity index (χ1v) is 6.47. The summed E-state index contributed by atoms with van der Waals surface area (Å²) in [6, 6.07) is 8.89. The highest BCUT2D eigenvalue weighted by atomic mass is 16.2. The third-order valence-corrected chi connectivity index (χ3v) is 3.83. The molecule has 2 fully saturated rings. The van der Waals surface area contributed by atoms with Crippen LogP contribution < -0.4 is 10.2 Å². The second-order valence-electron chi connectivity index (χ2n) is 4.96. The van der Waals surface area contributed by atoms with Crippen molar-refractivity contribution < 1.29 is 9.59 Å². The van der Waals surface area contributed by atoms with Gasteiger partial charge in [-0.3, -0.25) is 4.79 Å². The molecule has 18 heavy (non-hydrogen) atoms. The van der Waals surface area contributed by atoms with Crippen LogP contribution in [0.1, 0.15) is 25.7 Å². The monoisotopic (exact) mass is 244 g/mol. The van der Waals surface area contributed by atoms with E-state index in [9.17, 15) is 9.59 Å². The molecular weight excluding hydrogens is 228 g/mol. The average molecular weight is 244 g/mol. The van der Waals surface area contributed by atoms with Gasteiger partial charge in [0.2, 0.25) is 5.91 Å². The zero-order chi connectivity index (χ0) is 12.5. The van der Waals surface area contributed by atoms with Crippen LogP contribution in [0, 0.1) is 5.92 Å². The number of urea groups is 1. The topological polar surface area (TPSA) is 49.4 Å². The summed E-state index contributed by atoms with van der Waals surface area (Å²) in [4.78, 5) is 25.8. The van der Waals surface area contributed by atoms with E-state index in [4.69, 9.17) is 0 Å². The van der Waals surface area contributed by atoms with Gasteiger partial charge in [0.25, 0.3) is 0 Å². The van der Waals surface area contributed by atoms with Gasteiger partial charge >= 0.3 is 6.03 Å². The van der Waals surface area contributed by atoms with Crippen LogP contribution in [0.2, 0.25) is 0 Å². The van der Waals surface area contributed by atoms with Crippen LogP contribution in [0.3, 0.4) is 0 Å². The molecule has 1 saturated heterocycles. The molecule has 0 radical (unpaired) electrons. The minimum absolute atomic E-state index is 0.0405. The molecule has 0 unspecified atom stereocenters. The number of rotatable bonds is 1. The van der Waals surface area contributed by atoms with Crippen LogP contribution in [-0.2, 0) is 4.79 Å². The van der Waals surface area contributed by atoms with Crippen LogP contribution in [0.15, 0.2) is 30.3 Å². The molecular formula is C14H16N2O2. The lowest BCUT2D eigenvalue weighted by atomic mass is 9.82. The highest BCUT2D eigenvalue weighted by Crippen LogP contribution is 2.31. The predicted octanol–water partition coefficient (Wildman–Crippen LogP) is 2.30. The first-order valence-electron chi connectivity index (χ1n) is 6.47. The molecule has 1 saturated carbocycles. The summed E-state index contributed by atoms with van der Waals surface area (Å²) in [5.74, 6) is -0.0914. The fourth-order valence-corrected chi connectivity index (χ4v) is 2.91. The molecule has 1 heterocycles. The second kappa shape index (κ2) is 4.44. The summed E-state index contributed by atoms with van der Waals surface area (Å²) in [6.45, 7) is 0. The molecule has 3 amide bonds. The van der Waals surface area contributed by atoms with Gasteiger partial charge in [0.15, 0.2) is 0 Å². The Morgan fingerprint density at radius 1 is 1.06 bits per heavy atom. The number of amides is 3. The Morgan fingerprint density at radius 2 is 1.78 bits per heavy atom. The van der Waals surface area contributed by atoms with Gasteiger partial charge in [-0.1, -0.05) is 31.0 Å². The molecule has 4 nitrogen and oxygen atoms in total. The van der Waals surface area contributed by atoms with E-state index in [1.807, 2.05) is 18.2 Å². The number of benzene rings is 1. The number of carbonyl (C=O) groups excluding carboxylic acids is 2. The number of hydrogen-bond acceptors (Lipinski definition) is 2. The lowest BCUT2D eigenvalue weighted by Gasteiger charge is -2.39. The molecule has 2 aliphatic rings. The van der Waals surface area contributed by atoms with Crippen molar-refractivity contribution in [1.82, 2.24) is 5.32 Å². The highest BCUT2D eigenvalue weighted by molar-refractivity contribution is 6.17. The van der Waals surface area contributed by atoms with Crippen molar-refractivity contribution in [2.45, 2.75) is 31.7 Å². The molecule has 1 N–H and O–H groups in total. The van der Waals surface area contributed by atoms with Crippen LogP contribution in [0.4, 0.5) is 10.5 Å². The normalized spacial score (nSPS) is 27.7. The molecule has 1 aromatic rings. The van der Waals surface area contributed by atoms with Crippen molar-refractivity contribution in [3.8, 4) is 0 Å². The number of nitrogens with zero attached hydrogens (tertiary/aromatic N) is 1. The molecule has 94 valence electrons. The number of carbonyl (C=O) groups is 2. The van der Waals surface area contributed by atoms with Gasteiger partial charge in [-0.05, 0) is 25.0 Å². The SMILES string of the molecule is O=C1N[C@H]2CCCC[C@@H]2C(=O)N1c1ccccc1. The molecule has 4 heteroatoms. The van der Waals surface area contributed by atoms with Gasteiger partial charge < -0.3 is 5.32 Å². The van der Waals surface area contributed by atoms with E-state index in [1.165, 1.54) is 4.90 Å². The third kappa shape index (κ3) is 1.78. The summed E-state index contributed by atoms with van der Waals surface area (Å²) >= 11 is 0. The molecule has 2 atom stereocenters. The van der Waals surface area contributed by atoms with Crippen LogP contribution in [0.25, 0.3) is 0 Å². The summed E-state index contributed by atoms with van der Waals surface area (Å²) in [6.07, 6.45) is 3.98. The fraction of sp³-hybridized carbons (Fsp3) is 0.429. The molecule has 1 aromatic carbocycles. The smallest absolute Gasteiger partial charge is 0.328 e. The van der Waals surface area contributed by atoms with Crippen molar-refractivity contribution in [1.29, 1.82) is 0 Å².